The van der Waals surface area contributed by atoms with Crippen molar-refractivity contribution in [2.45, 2.75) is 25.8 Å². The number of anilines is 1. The van der Waals surface area contributed by atoms with Crippen LogP contribution in [0, 0.1) is 5.92 Å². The van der Waals surface area contributed by atoms with Gasteiger partial charge in [-0.3, -0.25) is 4.79 Å². The molecule has 1 fully saturated rings. The second-order valence-corrected chi connectivity index (χ2v) is 4.76. The Morgan fingerprint density at radius 2 is 2.29 bits per heavy atom. The highest BCUT2D eigenvalue weighted by atomic mass is 16.1. The first kappa shape index (κ1) is 12.1. The first-order valence-corrected chi connectivity index (χ1v) is 6.18. The van der Waals surface area contributed by atoms with Gasteiger partial charge in [-0.05, 0) is 32.4 Å². The Labute approximate surface area is 101 Å². The lowest BCUT2D eigenvalue weighted by Crippen LogP contribution is -2.28. The number of hydrogen-bond donors (Lipinski definition) is 2. The lowest BCUT2D eigenvalue weighted by atomic mass is 10.2. The molecule has 0 aliphatic heterocycles. The molecule has 0 amide bonds. The summed E-state index contributed by atoms with van der Waals surface area (Å²) >= 11 is 0. The molecule has 0 aromatic carbocycles. The summed E-state index contributed by atoms with van der Waals surface area (Å²) in [7, 11) is 1.93. The van der Waals surface area contributed by atoms with E-state index in [2.05, 4.69) is 22.5 Å². The predicted octanol–water partition coefficient (Wildman–Crippen LogP) is 0.846. The molecule has 0 saturated heterocycles. The third-order valence-electron chi connectivity index (χ3n) is 2.98. The van der Waals surface area contributed by atoms with Crippen molar-refractivity contribution in [1.29, 1.82) is 0 Å². The van der Waals surface area contributed by atoms with E-state index in [1.165, 1.54) is 0 Å². The van der Waals surface area contributed by atoms with Crippen molar-refractivity contribution in [3.05, 3.63) is 22.7 Å². The van der Waals surface area contributed by atoms with Gasteiger partial charge >= 0.3 is 0 Å². The molecule has 5 nitrogen and oxygen atoms in total. The maximum absolute atomic E-state index is 12.0. The third-order valence-corrected chi connectivity index (χ3v) is 2.98. The highest BCUT2D eigenvalue weighted by Gasteiger charge is 2.25. The summed E-state index contributed by atoms with van der Waals surface area (Å²) < 4.78 is 1.79. The molecular weight excluding hydrogens is 216 g/mol. The van der Waals surface area contributed by atoms with Crippen molar-refractivity contribution in [3.63, 3.8) is 0 Å². The Morgan fingerprint density at radius 3 is 2.94 bits per heavy atom. The molecule has 1 aromatic heterocycles. The first-order valence-electron chi connectivity index (χ1n) is 6.18. The summed E-state index contributed by atoms with van der Waals surface area (Å²) in [6.07, 6.45) is 5.70. The molecular formula is C12H20N4O. The maximum Gasteiger partial charge on any atom is 0.293 e. The summed E-state index contributed by atoms with van der Waals surface area (Å²) in [4.78, 5) is 16.2. The molecule has 0 spiro atoms. The quantitative estimate of drug-likeness (QED) is 0.768. The van der Waals surface area contributed by atoms with E-state index in [1.54, 1.807) is 17.0 Å². The van der Waals surface area contributed by atoms with Crippen LogP contribution in [-0.4, -0.2) is 29.7 Å². The minimum atomic E-state index is 0.00616. The smallest absolute Gasteiger partial charge is 0.293 e. The summed E-state index contributed by atoms with van der Waals surface area (Å²) in [6, 6.07) is 0.404. The molecule has 0 bridgehead atoms. The van der Waals surface area contributed by atoms with Crippen LogP contribution in [0.2, 0.25) is 0 Å². The average Bonchev–Trinajstić information content (AvgIpc) is 3.12. The lowest BCUT2D eigenvalue weighted by molar-refractivity contribution is 0.567. The predicted molar refractivity (Wildman–Crippen MR) is 68.3 cm³/mol. The van der Waals surface area contributed by atoms with E-state index in [1.807, 2.05) is 7.05 Å². The van der Waals surface area contributed by atoms with Gasteiger partial charge in [0.05, 0.1) is 0 Å². The highest BCUT2D eigenvalue weighted by molar-refractivity contribution is 5.31. The van der Waals surface area contributed by atoms with Crippen molar-refractivity contribution in [3.8, 4) is 0 Å². The van der Waals surface area contributed by atoms with Gasteiger partial charge < -0.3 is 15.2 Å². The fraction of sp³-hybridized carbons (Fsp3) is 0.667. The fourth-order valence-electron chi connectivity index (χ4n) is 1.88. The van der Waals surface area contributed by atoms with E-state index < -0.39 is 0 Å². The zero-order valence-electron chi connectivity index (χ0n) is 10.4. The van der Waals surface area contributed by atoms with Crippen LogP contribution in [0.1, 0.15) is 25.8 Å². The Kier molecular flexibility index (Phi) is 3.78. The first-order chi connectivity index (χ1) is 8.22. The van der Waals surface area contributed by atoms with Crippen LogP contribution >= 0.6 is 0 Å². The van der Waals surface area contributed by atoms with Crippen LogP contribution in [0.15, 0.2) is 17.2 Å². The third kappa shape index (κ3) is 3.06. The average molecular weight is 236 g/mol. The molecule has 1 atom stereocenters. The summed E-state index contributed by atoms with van der Waals surface area (Å²) in [5.41, 5.74) is 0.00616. The van der Waals surface area contributed by atoms with E-state index in [4.69, 9.17) is 0 Å². The van der Waals surface area contributed by atoms with Gasteiger partial charge in [-0.15, -0.1) is 0 Å². The maximum atomic E-state index is 12.0. The topological polar surface area (TPSA) is 59.0 Å². The zero-order chi connectivity index (χ0) is 12.3. The van der Waals surface area contributed by atoms with Gasteiger partial charge in [0.25, 0.3) is 5.56 Å². The van der Waals surface area contributed by atoms with Crippen LogP contribution in [0.5, 0.6) is 0 Å². The minimum absolute atomic E-state index is 0.00616. The molecule has 1 aromatic rings. The zero-order valence-corrected chi connectivity index (χ0v) is 10.4. The van der Waals surface area contributed by atoms with Crippen molar-refractivity contribution < 1.29 is 0 Å². The monoisotopic (exact) mass is 236 g/mol. The summed E-state index contributed by atoms with van der Waals surface area (Å²) in [5, 5.41) is 6.25. The number of nitrogens with one attached hydrogen (secondary N) is 2. The molecule has 94 valence electrons. The number of hydrogen-bond acceptors (Lipinski definition) is 4. The van der Waals surface area contributed by atoms with Gasteiger partial charge in [0.15, 0.2) is 5.82 Å². The minimum Gasteiger partial charge on any atom is -0.365 e. The van der Waals surface area contributed by atoms with Crippen molar-refractivity contribution >= 4 is 5.82 Å². The largest absolute Gasteiger partial charge is 0.365 e. The number of rotatable bonds is 6. The molecule has 0 radical (unpaired) electrons. The second kappa shape index (κ2) is 5.31. The molecule has 17 heavy (non-hydrogen) atoms. The standard InChI is InChI=1S/C12H20N4O/c1-9(7-13-2)8-15-11-12(17)16(6-5-14-11)10-3-4-10/h5-6,9-10,13H,3-4,7-8H2,1-2H3,(H,14,15). The molecule has 1 unspecified atom stereocenters. The molecule has 1 saturated carbocycles. The SMILES string of the molecule is CNCC(C)CNc1nccn(C2CC2)c1=O. The highest BCUT2D eigenvalue weighted by Crippen LogP contribution is 2.33. The van der Waals surface area contributed by atoms with Crippen molar-refractivity contribution in [1.82, 2.24) is 14.9 Å². The van der Waals surface area contributed by atoms with E-state index in [0.717, 1.165) is 25.9 Å². The van der Waals surface area contributed by atoms with Gasteiger partial charge in [0.2, 0.25) is 0 Å². The van der Waals surface area contributed by atoms with Crippen LogP contribution in [-0.2, 0) is 0 Å². The summed E-state index contributed by atoms with van der Waals surface area (Å²) in [5.74, 6) is 0.943. The van der Waals surface area contributed by atoms with E-state index in [0.29, 0.717) is 17.8 Å². The van der Waals surface area contributed by atoms with Crippen LogP contribution in [0.4, 0.5) is 5.82 Å². The normalized spacial score (nSPS) is 16.8. The molecule has 2 rings (SSSR count). The number of nitrogens with zero attached hydrogens (tertiary/aromatic N) is 2. The molecule has 1 aliphatic carbocycles. The molecule has 5 heteroatoms. The van der Waals surface area contributed by atoms with E-state index >= 15 is 0 Å². The van der Waals surface area contributed by atoms with Gasteiger partial charge in [0.1, 0.15) is 0 Å². The van der Waals surface area contributed by atoms with Gasteiger partial charge in [-0.2, -0.15) is 0 Å². The van der Waals surface area contributed by atoms with E-state index in [9.17, 15) is 4.79 Å². The van der Waals surface area contributed by atoms with Gasteiger partial charge in [-0.25, -0.2) is 4.98 Å². The Hall–Kier alpha value is -1.36. The van der Waals surface area contributed by atoms with Crippen LogP contribution < -0.4 is 16.2 Å². The molecule has 1 heterocycles. The van der Waals surface area contributed by atoms with Crippen LogP contribution in [0.25, 0.3) is 0 Å². The fourth-order valence-corrected chi connectivity index (χ4v) is 1.88. The van der Waals surface area contributed by atoms with Gasteiger partial charge in [0, 0.05) is 25.0 Å². The second-order valence-electron chi connectivity index (χ2n) is 4.76. The summed E-state index contributed by atoms with van der Waals surface area (Å²) in [6.45, 7) is 3.82. The lowest BCUT2D eigenvalue weighted by Gasteiger charge is -2.12. The number of aromatic nitrogens is 2. The van der Waals surface area contributed by atoms with Gasteiger partial charge in [-0.1, -0.05) is 6.92 Å². The van der Waals surface area contributed by atoms with Crippen molar-refractivity contribution in [2.75, 3.05) is 25.5 Å². The Balaban J connectivity index is 2.01. The Morgan fingerprint density at radius 1 is 1.53 bits per heavy atom. The Bertz CT molecular complexity index is 425. The van der Waals surface area contributed by atoms with Crippen LogP contribution in [0.3, 0.4) is 0 Å². The van der Waals surface area contributed by atoms with Crippen molar-refractivity contribution in [2.24, 2.45) is 5.92 Å². The molecule has 1 aliphatic rings. The van der Waals surface area contributed by atoms with E-state index in [-0.39, 0.29) is 5.56 Å². The molecule has 2 N–H and O–H groups in total.